The van der Waals surface area contributed by atoms with Crippen LogP contribution in [0.5, 0.6) is 0 Å². The van der Waals surface area contributed by atoms with Crippen molar-refractivity contribution in [2.24, 2.45) is 0 Å². The van der Waals surface area contributed by atoms with E-state index in [9.17, 15) is 9.59 Å². The number of amides is 2. The Hall–Kier alpha value is -2.33. The average Bonchev–Trinajstić information content (AvgIpc) is 3.13. The zero-order valence-electron chi connectivity index (χ0n) is 14.8. The minimum Gasteiger partial charge on any atom is -0.326 e. The van der Waals surface area contributed by atoms with Crippen LogP contribution in [-0.4, -0.2) is 11.8 Å². The zero-order valence-corrected chi connectivity index (χ0v) is 15.6. The molecule has 2 aromatic carbocycles. The molecule has 2 N–H and O–H groups in total. The molecule has 0 bridgehead atoms. The number of anilines is 2. The third-order valence-electron chi connectivity index (χ3n) is 4.99. The maximum atomic E-state index is 13.2. The highest BCUT2D eigenvalue weighted by atomic mass is 35.5. The summed E-state index contributed by atoms with van der Waals surface area (Å²) in [5.74, 6) is -0.0732. The van der Waals surface area contributed by atoms with E-state index in [1.54, 1.807) is 13.0 Å². The van der Waals surface area contributed by atoms with Crippen molar-refractivity contribution in [2.45, 2.75) is 44.4 Å². The first-order valence-corrected chi connectivity index (χ1v) is 9.39. The van der Waals surface area contributed by atoms with Gasteiger partial charge in [0.05, 0.1) is 5.41 Å². The Morgan fingerprint density at radius 1 is 1.00 bits per heavy atom. The summed E-state index contributed by atoms with van der Waals surface area (Å²) in [6.07, 6.45) is 4.07. The van der Waals surface area contributed by atoms with E-state index in [-0.39, 0.29) is 11.8 Å². The van der Waals surface area contributed by atoms with Crippen molar-refractivity contribution in [2.75, 3.05) is 10.6 Å². The molecule has 0 aromatic heterocycles. The quantitative estimate of drug-likeness (QED) is 0.765. The molecule has 0 atom stereocenters. The first-order chi connectivity index (χ1) is 12.5. The van der Waals surface area contributed by atoms with Crippen LogP contribution in [0, 0.1) is 0 Å². The van der Waals surface area contributed by atoms with E-state index in [4.69, 9.17) is 11.6 Å². The fourth-order valence-corrected chi connectivity index (χ4v) is 3.78. The van der Waals surface area contributed by atoms with Crippen LogP contribution in [0.4, 0.5) is 11.4 Å². The van der Waals surface area contributed by atoms with Crippen molar-refractivity contribution in [1.29, 1.82) is 0 Å². The first kappa shape index (κ1) is 18.5. The normalized spacial score (nSPS) is 15.5. The second-order valence-electron chi connectivity index (χ2n) is 6.74. The summed E-state index contributed by atoms with van der Waals surface area (Å²) >= 11 is 6.16. The van der Waals surface area contributed by atoms with Crippen LogP contribution in [-0.2, 0) is 15.0 Å². The molecule has 5 heteroatoms. The maximum absolute atomic E-state index is 13.2. The fraction of sp³-hybridized carbons (Fsp3) is 0.333. The Bertz CT molecular complexity index is 813. The highest BCUT2D eigenvalue weighted by Gasteiger charge is 2.42. The molecule has 136 valence electrons. The lowest BCUT2D eigenvalue weighted by molar-refractivity contribution is -0.121. The number of hydrogen-bond donors (Lipinski definition) is 2. The predicted molar refractivity (Wildman–Crippen MR) is 106 cm³/mol. The molecular formula is C21H23ClN2O2. The second kappa shape index (κ2) is 7.92. The van der Waals surface area contributed by atoms with Gasteiger partial charge in [0, 0.05) is 22.8 Å². The van der Waals surface area contributed by atoms with E-state index in [1.807, 2.05) is 42.5 Å². The van der Waals surface area contributed by atoms with Crippen LogP contribution in [0.15, 0.2) is 48.5 Å². The molecule has 0 saturated heterocycles. The van der Waals surface area contributed by atoms with Crippen LogP contribution in [0.1, 0.15) is 44.6 Å². The number of halogens is 1. The van der Waals surface area contributed by atoms with Crippen LogP contribution in [0.25, 0.3) is 0 Å². The summed E-state index contributed by atoms with van der Waals surface area (Å²) < 4.78 is 0. The van der Waals surface area contributed by atoms with Gasteiger partial charge in [0.2, 0.25) is 11.8 Å². The Morgan fingerprint density at radius 2 is 1.65 bits per heavy atom. The molecule has 2 aromatic rings. The molecule has 1 saturated carbocycles. The van der Waals surface area contributed by atoms with E-state index < -0.39 is 5.41 Å². The molecule has 1 aliphatic rings. The van der Waals surface area contributed by atoms with Crippen LogP contribution in [0.2, 0.25) is 5.02 Å². The largest absolute Gasteiger partial charge is 0.326 e. The summed E-state index contributed by atoms with van der Waals surface area (Å²) in [4.78, 5) is 24.8. The number of benzene rings is 2. The molecule has 0 unspecified atom stereocenters. The molecule has 0 aliphatic heterocycles. The lowest BCUT2D eigenvalue weighted by atomic mass is 9.78. The molecular weight excluding hydrogens is 348 g/mol. The number of nitrogens with one attached hydrogen (secondary N) is 2. The van der Waals surface area contributed by atoms with E-state index in [2.05, 4.69) is 10.6 Å². The molecule has 3 rings (SSSR count). The number of carbonyl (C=O) groups excluding carboxylic acids is 2. The lowest BCUT2D eigenvalue weighted by Gasteiger charge is -2.28. The molecule has 0 spiro atoms. The van der Waals surface area contributed by atoms with Gasteiger partial charge in [-0.2, -0.15) is 0 Å². The molecule has 1 fully saturated rings. The van der Waals surface area contributed by atoms with Gasteiger partial charge in [0.1, 0.15) is 0 Å². The Balaban J connectivity index is 1.83. The fourth-order valence-electron chi connectivity index (χ4n) is 3.59. The van der Waals surface area contributed by atoms with Gasteiger partial charge in [0.25, 0.3) is 0 Å². The minimum atomic E-state index is -0.548. The standard InChI is InChI=1S/C21H23ClN2O2/c1-2-19(25)23-17-9-6-10-18(14-17)24-20(26)21(11-3-4-12-21)15-7-5-8-16(22)13-15/h5-10,13-14H,2-4,11-12H2,1H3,(H,23,25)(H,24,26). The summed E-state index contributed by atoms with van der Waals surface area (Å²) in [5.41, 5.74) is 1.78. The van der Waals surface area contributed by atoms with Crippen LogP contribution < -0.4 is 10.6 Å². The molecule has 0 heterocycles. The lowest BCUT2D eigenvalue weighted by Crippen LogP contribution is -2.38. The van der Waals surface area contributed by atoms with E-state index in [1.165, 1.54) is 0 Å². The van der Waals surface area contributed by atoms with Crippen molar-refractivity contribution in [1.82, 2.24) is 0 Å². The van der Waals surface area contributed by atoms with Gasteiger partial charge in [-0.05, 0) is 48.7 Å². The maximum Gasteiger partial charge on any atom is 0.235 e. The molecule has 26 heavy (non-hydrogen) atoms. The highest BCUT2D eigenvalue weighted by Crippen LogP contribution is 2.42. The van der Waals surface area contributed by atoms with Crippen molar-refractivity contribution in [3.8, 4) is 0 Å². The van der Waals surface area contributed by atoms with E-state index >= 15 is 0 Å². The van der Waals surface area contributed by atoms with Crippen molar-refractivity contribution in [3.63, 3.8) is 0 Å². The predicted octanol–water partition coefficient (Wildman–Crippen LogP) is 5.14. The molecule has 0 radical (unpaired) electrons. The topological polar surface area (TPSA) is 58.2 Å². The van der Waals surface area contributed by atoms with Crippen molar-refractivity contribution in [3.05, 3.63) is 59.1 Å². The van der Waals surface area contributed by atoms with Crippen molar-refractivity contribution < 1.29 is 9.59 Å². The number of carbonyl (C=O) groups is 2. The van der Waals surface area contributed by atoms with E-state index in [0.717, 1.165) is 31.2 Å². The Morgan fingerprint density at radius 3 is 2.31 bits per heavy atom. The third-order valence-corrected chi connectivity index (χ3v) is 5.23. The number of hydrogen-bond acceptors (Lipinski definition) is 2. The summed E-state index contributed by atoms with van der Waals surface area (Å²) in [6.45, 7) is 1.80. The molecule has 2 amide bonds. The van der Waals surface area contributed by atoms with E-state index in [0.29, 0.717) is 22.8 Å². The van der Waals surface area contributed by atoms with Crippen molar-refractivity contribution >= 4 is 34.8 Å². The van der Waals surface area contributed by atoms with Gasteiger partial charge in [-0.25, -0.2) is 0 Å². The van der Waals surface area contributed by atoms with Gasteiger partial charge in [-0.15, -0.1) is 0 Å². The number of rotatable bonds is 5. The van der Waals surface area contributed by atoms with Gasteiger partial charge < -0.3 is 10.6 Å². The third kappa shape index (κ3) is 3.91. The van der Waals surface area contributed by atoms with Crippen LogP contribution in [0.3, 0.4) is 0 Å². The highest BCUT2D eigenvalue weighted by molar-refractivity contribution is 6.30. The van der Waals surface area contributed by atoms with Gasteiger partial charge in [0.15, 0.2) is 0 Å². The Kier molecular flexibility index (Phi) is 5.62. The van der Waals surface area contributed by atoms with Crippen LogP contribution >= 0.6 is 11.6 Å². The SMILES string of the molecule is CCC(=O)Nc1cccc(NC(=O)C2(c3cccc(Cl)c3)CCCC2)c1. The smallest absolute Gasteiger partial charge is 0.235 e. The first-order valence-electron chi connectivity index (χ1n) is 9.01. The van der Waals surface area contributed by atoms with Gasteiger partial charge >= 0.3 is 0 Å². The zero-order chi connectivity index (χ0) is 18.6. The molecule has 4 nitrogen and oxygen atoms in total. The van der Waals surface area contributed by atoms with Gasteiger partial charge in [-0.1, -0.05) is 49.6 Å². The van der Waals surface area contributed by atoms with Gasteiger partial charge in [-0.3, -0.25) is 9.59 Å². The monoisotopic (exact) mass is 370 g/mol. The summed E-state index contributed by atoms with van der Waals surface area (Å²) in [7, 11) is 0. The summed E-state index contributed by atoms with van der Waals surface area (Å²) in [6, 6.07) is 14.8. The molecule has 1 aliphatic carbocycles. The Labute approximate surface area is 158 Å². The average molecular weight is 371 g/mol. The minimum absolute atomic E-state index is 0.0174. The summed E-state index contributed by atoms with van der Waals surface area (Å²) in [5, 5.41) is 6.50. The second-order valence-corrected chi connectivity index (χ2v) is 7.17.